The zero-order valence-electron chi connectivity index (χ0n) is 11.6. The molecule has 1 N–H and O–H groups in total. The lowest BCUT2D eigenvalue weighted by atomic mass is 10.0. The third kappa shape index (κ3) is 2.79. The average molecular weight is 330 g/mol. The van der Waals surface area contributed by atoms with Gasteiger partial charge in [-0.1, -0.05) is 6.07 Å². The first kappa shape index (κ1) is 14.8. The number of fused-ring (bicyclic) bond motifs is 1. The van der Waals surface area contributed by atoms with Crippen molar-refractivity contribution in [1.29, 1.82) is 0 Å². The summed E-state index contributed by atoms with van der Waals surface area (Å²) in [6.45, 7) is 0.933. The molecule has 0 spiro atoms. The maximum absolute atomic E-state index is 12.8. The van der Waals surface area contributed by atoms with E-state index in [1.807, 2.05) is 6.07 Å². The Bertz CT molecular complexity index is 742. The molecular formula is C13H18N2O4S2. The van der Waals surface area contributed by atoms with Gasteiger partial charge in [0.1, 0.15) is 0 Å². The quantitative estimate of drug-likeness (QED) is 0.852. The van der Waals surface area contributed by atoms with Crippen molar-refractivity contribution in [3.05, 3.63) is 23.8 Å². The van der Waals surface area contributed by atoms with Crippen molar-refractivity contribution in [3.63, 3.8) is 0 Å². The number of hydrogen-bond donors (Lipinski definition) is 1. The van der Waals surface area contributed by atoms with Gasteiger partial charge in [0.05, 0.1) is 16.4 Å². The minimum atomic E-state index is -3.62. The third-order valence-electron chi connectivity index (χ3n) is 3.97. The van der Waals surface area contributed by atoms with E-state index in [2.05, 4.69) is 5.32 Å². The van der Waals surface area contributed by atoms with E-state index in [9.17, 15) is 16.8 Å². The summed E-state index contributed by atoms with van der Waals surface area (Å²) in [7, 11) is -6.72. The van der Waals surface area contributed by atoms with Crippen LogP contribution in [0.3, 0.4) is 0 Å². The van der Waals surface area contributed by atoms with Crippen molar-refractivity contribution in [2.24, 2.45) is 0 Å². The molecule has 0 aliphatic carbocycles. The highest BCUT2D eigenvalue weighted by Crippen LogP contribution is 2.30. The van der Waals surface area contributed by atoms with Gasteiger partial charge in [-0.05, 0) is 30.5 Å². The molecule has 8 heteroatoms. The van der Waals surface area contributed by atoms with Crippen LogP contribution in [0.25, 0.3) is 0 Å². The standard InChI is InChI=1S/C13H18N2O4S2/c16-20(17)9-7-15(8-10-20)21(18,19)13-5-1-4-12-11(13)3-2-6-14-12/h1,4-5,14H,2-3,6-10H2. The van der Waals surface area contributed by atoms with Crippen molar-refractivity contribution < 1.29 is 16.8 Å². The molecule has 116 valence electrons. The molecule has 6 nitrogen and oxygen atoms in total. The van der Waals surface area contributed by atoms with Crippen molar-refractivity contribution >= 4 is 25.5 Å². The molecule has 0 amide bonds. The number of anilines is 1. The fraction of sp³-hybridized carbons (Fsp3) is 0.538. The molecular weight excluding hydrogens is 312 g/mol. The molecule has 1 fully saturated rings. The molecule has 1 aromatic rings. The van der Waals surface area contributed by atoms with Gasteiger partial charge in [0.2, 0.25) is 10.0 Å². The number of sulfone groups is 1. The normalized spacial score (nSPS) is 22.3. The summed E-state index contributed by atoms with van der Waals surface area (Å²) < 4.78 is 49.8. The van der Waals surface area contributed by atoms with Gasteiger partial charge in [-0.2, -0.15) is 4.31 Å². The van der Waals surface area contributed by atoms with E-state index >= 15 is 0 Å². The van der Waals surface area contributed by atoms with Crippen LogP contribution >= 0.6 is 0 Å². The molecule has 2 aliphatic rings. The molecule has 2 aliphatic heterocycles. The van der Waals surface area contributed by atoms with Gasteiger partial charge >= 0.3 is 0 Å². The van der Waals surface area contributed by atoms with Crippen molar-refractivity contribution in [2.75, 3.05) is 36.5 Å². The lowest BCUT2D eigenvalue weighted by Crippen LogP contribution is -2.44. The van der Waals surface area contributed by atoms with Crippen LogP contribution in [0, 0.1) is 0 Å². The summed E-state index contributed by atoms with van der Waals surface area (Å²) in [5.74, 6) is -0.195. The highest BCUT2D eigenvalue weighted by Gasteiger charge is 2.33. The summed E-state index contributed by atoms with van der Waals surface area (Å²) >= 11 is 0. The van der Waals surface area contributed by atoms with Gasteiger partial charge in [0.15, 0.2) is 9.84 Å². The van der Waals surface area contributed by atoms with Crippen LogP contribution < -0.4 is 5.32 Å². The van der Waals surface area contributed by atoms with Gasteiger partial charge in [-0.15, -0.1) is 0 Å². The van der Waals surface area contributed by atoms with Crippen LogP contribution in [-0.4, -0.2) is 52.3 Å². The summed E-state index contributed by atoms with van der Waals surface area (Å²) in [5, 5.41) is 3.21. The number of benzene rings is 1. The molecule has 0 atom stereocenters. The molecule has 1 saturated heterocycles. The molecule has 0 bridgehead atoms. The first-order chi connectivity index (χ1) is 9.90. The van der Waals surface area contributed by atoms with Crippen LogP contribution in [0.2, 0.25) is 0 Å². The van der Waals surface area contributed by atoms with Gasteiger partial charge in [-0.3, -0.25) is 0 Å². The Morgan fingerprint density at radius 2 is 1.86 bits per heavy atom. The summed E-state index contributed by atoms with van der Waals surface area (Å²) in [6, 6.07) is 5.23. The maximum atomic E-state index is 12.8. The van der Waals surface area contributed by atoms with Crippen LogP contribution in [0.1, 0.15) is 12.0 Å². The largest absolute Gasteiger partial charge is 0.385 e. The molecule has 0 aromatic heterocycles. The Morgan fingerprint density at radius 1 is 1.14 bits per heavy atom. The second kappa shape index (κ2) is 5.26. The maximum Gasteiger partial charge on any atom is 0.243 e. The number of nitrogens with one attached hydrogen (secondary N) is 1. The van der Waals surface area contributed by atoms with Crippen molar-refractivity contribution in [3.8, 4) is 0 Å². The second-order valence-corrected chi connectivity index (χ2v) is 9.58. The van der Waals surface area contributed by atoms with E-state index < -0.39 is 19.9 Å². The lowest BCUT2D eigenvalue weighted by molar-refractivity contribution is 0.430. The predicted molar refractivity (Wildman–Crippen MR) is 80.7 cm³/mol. The van der Waals surface area contributed by atoms with Crippen LogP contribution in [0.4, 0.5) is 5.69 Å². The Balaban J connectivity index is 1.96. The minimum absolute atomic E-state index is 0.0434. The Labute approximate surface area is 125 Å². The zero-order valence-corrected chi connectivity index (χ0v) is 13.2. The number of nitrogens with zero attached hydrogens (tertiary/aromatic N) is 1. The Kier molecular flexibility index (Phi) is 3.71. The molecule has 2 heterocycles. The highest BCUT2D eigenvalue weighted by atomic mass is 32.2. The van der Waals surface area contributed by atoms with Gasteiger partial charge in [-0.25, -0.2) is 16.8 Å². The minimum Gasteiger partial charge on any atom is -0.385 e. The lowest BCUT2D eigenvalue weighted by Gasteiger charge is -2.28. The summed E-state index contributed by atoms with van der Waals surface area (Å²) in [6.07, 6.45) is 1.62. The molecule has 0 saturated carbocycles. The highest BCUT2D eigenvalue weighted by molar-refractivity contribution is 7.92. The summed E-state index contributed by atoms with van der Waals surface area (Å²) in [5.41, 5.74) is 1.68. The molecule has 0 radical (unpaired) electrons. The second-order valence-electron chi connectivity index (χ2n) is 5.37. The molecule has 21 heavy (non-hydrogen) atoms. The predicted octanol–water partition coefficient (Wildman–Crippen LogP) is 0.464. The van der Waals surface area contributed by atoms with Crippen molar-refractivity contribution in [2.45, 2.75) is 17.7 Å². The van der Waals surface area contributed by atoms with Crippen LogP contribution in [0.5, 0.6) is 0 Å². The fourth-order valence-electron chi connectivity index (χ4n) is 2.79. The zero-order chi connectivity index (χ0) is 15.1. The van der Waals surface area contributed by atoms with Gasteiger partial charge < -0.3 is 5.32 Å². The average Bonchev–Trinajstić information content (AvgIpc) is 2.46. The topological polar surface area (TPSA) is 83.6 Å². The third-order valence-corrected chi connectivity index (χ3v) is 7.57. The monoisotopic (exact) mass is 330 g/mol. The van der Waals surface area contributed by atoms with E-state index in [1.165, 1.54) is 4.31 Å². The van der Waals surface area contributed by atoms with Crippen LogP contribution in [0.15, 0.2) is 23.1 Å². The van der Waals surface area contributed by atoms with E-state index in [4.69, 9.17) is 0 Å². The van der Waals surface area contributed by atoms with E-state index in [-0.39, 0.29) is 24.6 Å². The van der Waals surface area contributed by atoms with Crippen molar-refractivity contribution in [1.82, 2.24) is 4.31 Å². The molecule has 0 unspecified atom stereocenters. The fourth-order valence-corrected chi connectivity index (χ4v) is 5.94. The first-order valence-electron chi connectivity index (χ1n) is 6.96. The SMILES string of the molecule is O=S1(=O)CCN(S(=O)(=O)c2cccc3c2CCCN3)CC1. The van der Waals surface area contributed by atoms with Gasteiger partial charge in [0, 0.05) is 25.3 Å². The Morgan fingerprint density at radius 3 is 2.57 bits per heavy atom. The van der Waals surface area contributed by atoms with Gasteiger partial charge in [0.25, 0.3) is 0 Å². The smallest absolute Gasteiger partial charge is 0.243 e. The van der Waals surface area contributed by atoms with E-state index in [1.54, 1.807) is 12.1 Å². The summed E-state index contributed by atoms with van der Waals surface area (Å²) in [4.78, 5) is 0.312. The first-order valence-corrected chi connectivity index (χ1v) is 10.2. The van der Waals surface area contributed by atoms with E-state index in [0.29, 0.717) is 4.90 Å². The number of hydrogen-bond acceptors (Lipinski definition) is 5. The van der Waals surface area contributed by atoms with Crippen LogP contribution in [-0.2, 0) is 26.3 Å². The molecule has 1 aromatic carbocycles. The number of rotatable bonds is 2. The van der Waals surface area contributed by atoms with E-state index in [0.717, 1.165) is 30.6 Å². The number of sulfonamides is 1. The molecule has 3 rings (SSSR count). The Hall–Kier alpha value is -1.12.